The summed E-state index contributed by atoms with van der Waals surface area (Å²) in [7, 11) is 0.926. The third-order valence-electron chi connectivity index (χ3n) is 1.20. The van der Waals surface area contributed by atoms with Gasteiger partial charge < -0.3 is 15.9 Å². The third kappa shape index (κ3) is 1.22. The zero-order valence-corrected chi connectivity index (χ0v) is 5.28. The van der Waals surface area contributed by atoms with E-state index in [0.29, 0.717) is 5.46 Å². The van der Waals surface area contributed by atoms with Gasteiger partial charge in [-0.1, -0.05) is 11.5 Å². The van der Waals surface area contributed by atoms with Gasteiger partial charge >= 0.3 is 7.48 Å². The van der Waals surface area contributed by atoms with E-state index in [4.69, 9.17) is 15.9 Å². The second kappa shape index (κ2) is 2.62. The molecule has 0 spiro atoms. The van der Waals surface area contributed by atoms with E-state index in [1.807, 2.05) is 0 Å². The minimum absolute atomic E-state index is 0.0330. The molecule has 1 radical (unpaired) electrons. The van der Waals surface area contributed by atoms with E-state index in [9.17, 15) is 0 Å². The van der Waals surface area contributed by atoms with Crippen LogP contribution in [0.4, 0.5) is 5.69 Å². The zero-order chi connectivity index (χ0) is 7.56. The Bertz CT molecular complexity index is 239. The smallest absolute Gasteiger partial charge is 0.326 e. The maximum Gasteiger partial charge on any atom is 0.326 e. The van der Waals surface area contributed by atoms with Crippen molar-refractivity contribution in [3.63, 3.8) is 0 Å². The highest BCUT2D eigenvalue weighted by atomic mass is 16.3. The van der Waals surface area contributed by atoms with E-state index in [2.05, 4.69) is 0 Å². The van der Waals surface area contributed by atoms with Crippen molar-refractivity contribution < 1.29 is 10.1 Å². The van der Waals surface area contributed by atoms with E-state index in [-0.39, 0.29) is 11.4 Å². The van der Waals surface area contributed by atoms with Crippen LogP contribution in [0.5, 0.6) is 5.75 Å². The Hall–Kier alpha value is -1.16. The van der Waals surface area contributed by atoms with E-state index in [1.165, 1.54) is 12.1 Å². The number of nitrogens with two attached hydrogens (primary N) is 1. The number of rotatable bonds is 1. The van der Waals surface area contributed by atoms with Crippen molar-refractivity contribution in [2.75, 3.05) is 5.73 Å². The standard InChI is InChI=1S/C6H7BNO2/c8-5-3-4(7-10)1-2-6(5)9/h1-3,9-10H,8H2. The van der Waals surface area contributed by atoms with Gasteiger partial charge in [0.1, 0.15) is 5.75 Å². The lowest BCUT2D eigenvalue weighted by Gasteiger charge is -1.98. The lowest BCUT2D eigenvalue weighted by Crippen LogP contribution is -2.13. The summed E-state index contributed by atoms with van der Waals surface area (Å²) in [4.78, 5) is 0. The van der Waals surface area contributed by atoms with Crippen LogP contribution >= 0.6 is 0 Å². The minimum atomic E-state index is 0.0330. The Labute approximate surface area is 59.4 Å². The lowest BCUT2D eigenvalue weighted by molar-refractivity contribution is 0.478. The Balaban J connectivity index is 3.04. The number of hydrogen-bond donors (Lipinski definition) is 3. The molecule has 0 saturated heterocycles. The fourth-order valence-electron chi connectivity index (χ4n) is 0.653. The van der Waals surface area contributed by atoms with Crippen LogP contribution in [-0.2, 0) is 0 Å². The largest absolute Gasteiger partial charge is 0.506 e. The van der Waals surface area contributed by atoms with Gasteiger partial charge in [-0.15, -0.1) is 0 Å². The number of hydrogen-bond acceptors (Lipinski definition) is 3. The Morgan fingerprint density at radius 3 is 2.60 bits per heavy atom. The molecule has 51 valence electrons. The van der Waals surface area contributed by atoms with Crippen molar-refractivity contribution in [2.45, 2.75) is 0 Å². The summed E-state index contributed by atoms with van der Waals surface area (Å²) >= 11 is 0. The molecule has 0 aliphatic rings. The van der Waals surface area contributed by atoms with Gasteiger partial charge in [0.25, 0.3) is 0 Å². The maximum atomic E-state index is 8.92. The molecule has 4 heteroatoms. The fourth-order valence-corrected chi connectivity index (χ4v) is 0.653. The molecule has 0 unspecified atom stereocenters. The second-order valence-electron chi connectivity index (χ2n) is 1.95. The molecular weight excluding hydrogens is 129 g/mol. The second-order valence-corrected chi connectivity index (χ2v) is 1.95. The van der Waals surface area contributed by atoms with E-state index >= 15 is 0 Å². The van der Waals surface area contributed by atoms with Crippen LogP contribution in [0, 0.1) is 0 Å². The molecule has 0 aromatic heterocycles. The maximum absolute atomic E-state index is 8.92. The fraction of sp³-hybridized carbons (Fsp3) is 0. The quantitative estimate of drug-likeness (QED) is 0.269. The molecule has 0 fully saturated rings. The summed E-state index contributed by atoms with van der Waals surface area (Å²) in [6, 6.07) is 4.47. The highest BCUT2D eigenvalue weighted by Crippen LogP contribution is 2.15. The van der Waals surface area contributed by atoms with Gasteiger partial charge in [-0.3, -0.25) is 0 Å². The van der Waals surface area contributed by atoms with E-state index in [1.54, 1.807) is 6.07 Å². The number of phenolic OH excluding ortho intramolecular Hbond substituents is 1. The molecule has 0 bridgehead atoms. The van der Waals surface area contributed by atoms with Crippen molar-refractivity contribution in [2.24, 2.45) is 0 Å². The van der Waals surface area contributed by atoms with Gasteiger partial charge in [0, 0.05) is 0 Å². The molecule has 0 atom stereocenters. The summed E-state index contributed by atoms with van der Waals surface area (Å²) in [5.41, 5.74) is 6.16. The summed E-state index contributed by atoms with van der Waals surface area (Å²) in [5, 5.41) is 17.4. The molecule has 1 rings (SSSR count). The first-order valence-electron chi connectivity index (χ1n) is 2.80. The van der Waals surface area contributed by atoms with Crippen LogP contribution < -0.4 is 11.2 Å². The van der Waals surface area contributed by atoms with Crippen molar-refractivity contribution in [3.05, 3.63) is 18.2 Å². The molecule has 1 aromatic rings. The van der Waals surface area contributed by atoms with Crippen molar-refractivity contribution in [1.82, 2.24) is 0 Å². The topological polar surface area (TPSA) is 66.5 Å². The first-order valence-corrected chi connectivity index (χ1v) is 2.80. The minimum Gasteiger partial charge on any atom is -0.506 e. The third-order valence-corrected chi connectivity index (χ3v) is 1.20. The van der Waals surface area contributed by atoms with Gasteiger partial charge in [0.2, 0.25) is 0 Å². The van der Waals surface area contributed by atoms with Gasteiger partial charge in [-0.25, -0.2) is 0 Å². The van der Waals surface area contributed by atoms with Crippen LogP contribution in [0.1, 0.15) is 0 Å². The number of phenols is 1. The normalized spacial score (nSPS) is 9.30. The molecule has 0 heterocycles. The molecule has 0 aliphatic carbocycles. The van der Waals surface area contributed by atoms with Crippen LogP contribution in [-0.4, -0.2) is 17.6 Å². The van der Waals surface area contributed by atoms with Gasteiger partial charge in [0.15, 0.2) is 0 Å². The van der Waals surface area contributed by atoms with Crippen molar-refractivity contribution in [3.8, 4) is 5.75 Å². The highest BCUT2D eigenvalue weighted by molar-refractivity contribution is 6.45. The summed E-state index contributed by atoms with van der Waals surface area (Å²) in [5.74, 6) is 0.0330. The molecular formula is C6H7BNO2. The van der Waals surface area contributed by atoms with Crippen LogP contribution in [0.15, 0.2) is 18.2 Å². The Morgan fingerprint density at radius 1 is 1.40 bits per heavy atom. The van der Waals surface area contributed by atoms with Crippen LogP contribution in [0.2, 0.25) is 0 Å². The average molecular weight is 136 g/mol. The zero-order valence-electron chi connectivity index (χ0n) is 5.28. The van der Waals surface area contributed by atoms with Crippen LogP contribution in [0.25, 0.3) is 0 Å². The first-order chi connectivity index (χ1) is 4.74. The first kappa shape index (κ1) is 6.96. The van der Waals surface area contributed by atoms with E-state index < -0.39 is 0 Å². The average Bonchev–Trinajstić information content (AvgIpc) is 1.95. The molecule has 0 amide bonds. The molecule has 10 heavy (non-hydrogen) atoms. The summed E-state index contributed by atoms with van der Waals surface area (Å²) in [6.45, 7) is 0. The number of nitrogen functional groups attached to an aromatic ring is 1. The van der Waals surface area contributed by atoms with Gasteiger partial charge in [-0.2, -0.15) is 0 Å². The molecule has 3 nitrogen and oxygen atoms in total. The monoisotopic (exact) mass is 136 g/mol. The van der Waals surface area contributed by atoms with Crippen molar-refractivity contribution >= 4 is 18.6 Å². The van der Waals surface area contributed by atoms with Crippen molar-refractivity contribution in [1.29, 1.82) is 0 Å². The number of aromatic hydroxyl groups is 1. The molecule has 4 N–H and O–H groups in total. The summed E-state index contributed by atoms with van der Waals surface area (Å²) in [6.07, 6.45) is 0. The molecule has 0 aliphatic heterocycles. The number of anilines is 1. The SMILES string of the molecule is Nc1cc([B]O)ccc1O. The van der Waals surface area contributed by atoms with Gasteiger partial charge in [0.05, 0.1) is 5.69 Å². The Morgan fingerprint density at radius 2 is 2.10 bits per heavy atom. The number of benzene rings is 1. The highest BCUT2D eigenvalue weighted by Gasteiger charge is 1.97. The Kier molecular flexibility index (Phi) is 1.82. The lowest BCUT2D eigenvalue weighted by atomic mass is 9.88. The predicted molar refractivity (Wildman–Crippen MR) is 40.1 cm³/mol. The van der Waals surface area contributed by atoms with Crippen LogP contribution in [0.3, 0.4) is 0 Å². The molecule has 0 saturated carbocycles. The summed E-state index contributed by atoms with van der Waals surface area (Å²) < 4.78 is 0. The van der Waals surface area contributed by atoms with E-state index in [0.717, 1.165) is 7.48 Å². The molecule has 1 aromatic carbocycles. The van der Waals surface area contributed by atoms with Gasteiger partial charge in [-0.05, 0) is 12.1 Å². The predicted octanol–water partition coefficient (Wildman–Crippen LogP) is -0.789.